The first-order valence-electron chi connectivity index (χ1n) is 5.65. The second kappa shape index (κ2) is 5.33. The van der Waals surface area contributed by atoms with Crippen LogP contribution in [0.2, 0.25) is 5.02 Å². The molecule has 1 atom stereocenters. The lowest BCUT2D eigenvalue weighted by Crippen LogP contribution is -2.08. The van der Waals surface area contributed by atoms with Gasteiger partial charge in [-0.05, 0) is 18.6 Å². The first-order valence-corrected chi connectivity index (χ1v) is 6.03. The molecule has 0 saturated heterocycles. The summed E-state index contributed by atoms with van der Waals surface area (Å²) in [5.74, 6) is 0. The predicted octanol–water partition coefficient (Wildman–Crippen LogP) is 2.24. The van der Waals surface area contributed by atoms with Gasteiger partial charge in [0.1, 0.15) is 5.02 Å². The SMILES string of the molecule is CCC(N)c1cn(-c2ccc([N+](=O)[O-])c(Cl)c2)nn1. The van der Waals surface area contributed by atoms with Crippen molar-refractivity contribution in [1.82, 2.24) is 15.0 Å². The minimum atomic E-state index is -0.536. The standard InChI is InChI=1S/C11H12ClN5O2/c1-2-9(13)10-6-16(15-14-10)7-3-4-11(17(18)19)8(12)5-7/h3-6,9H,2,13H2,1H3. The average Bonchev–Trinajstić information content (AvgIpc) is 2.86. The maximum absolute atomic E-state index is 10.7. The maximum atomic E-state index is 10.7. The molecule has 0 aliphatic rings. The fraction of sp³-hybridized carbons (Fsp3) is 0.273. The lowest BCUT2D eigenvalue weighted by atomic mass is 10.2. The Kier molecular flexibility index (Phi) is 3.77. The highest BCUT2D eigenvalue weighted by molar-refractivity contribution is 6.32. The van der Waals surface area contributed by atoms with Gasteiger partial charge in [0.2, 0.25) is 0 Å². The first kappa shape index (κ1) is 13.4. The van der Waals surface area contributed by atoms with Crippen LogP contribution in [0.4, 0.5) is 5.69 Å². The van der Waals surface area contributed by atoms with Gasteiger partial charge in [0.25, 0.3) is 5.69 Å². The fourth-order valence-corrected chi connectivity index (χ4v) is 1.81. The van der Waals surface area contributed by atoms with E-state index >= 15 is 0 Å². The molecule has 8 heteroatoms. The van der Waals surface area contributed by atoms with Crippen LogP contribution in [0.3, 0.4) is 0 Å². The van der Waals surface area contributed by atoms with Crippen molar-refractivity contribution in [1.29, 1.82) is 0 Å². The summed E-state index contributed by atoms with van der Waals surface area (Å²) < 4.78 is 1.49. The number of hydrogen-bond donors (Lipinski definition) is 1. The Morgan fingerprint density at radius 3 is 2.89 bits per heavy atom. The summed E-state index contributed by atoms with van der Waals surface area (Å²) in [7, 11) is 0. The Balaban J connectivity index is 2.35. The van der Waals surface area contributed by atoms with Crippen molar-refractivity contribution in [3.05, 3.63) is 45.2 Å². The zero-order valence-electron chi connectivity index (χ0n) is 10.2. The van der Waals surface area contributed by atoms with E-state index in [9.17, 15) is 10.1 Å². The Morgan fingerprint density at radius 2 is 2.32 bits per heavy atom. The Bertz CT molecular complexity index is 613. The molecule has 7 nitrogen and oxygen atoms in total. The van der Waals surface area contributed by atoms with E-state index in [2.05, 4.69) is 10.3 Å². The average molecular weight is 282 g/mol. The zero-order chi connectivity index (χ0) is 14.0. The van der Waals surface area contributed by atoms with E-state index < -0.39 is 4.92 Å². The van der Waals surface area contributed by atoms with Gasteiger partial charge in [-0.3, -0.25) is 10.1 Å². The van der Waals surface area contributed by atoms with Crippen LogP contribution in [-0.2, 0) is 0 Å². The molecule has 0 spiro atoms. The number of nitro groups is 1. The second-order valence-corrected chi connectivity index (χ2v) is 4.40. The molecule has 100 valence electrons. The van der Waals surface area contributed by atoms with Crippen LogP contribution in [0.5, 0.6) is 0 Å². The third-order valence-corrected chi connectivity index (χ3v) is 3.03. The van der Waals surface area contributed by atoms with E-state index in [0.29, 0.717) is 11.4 Å². The normalized spacial score (nSPS) is 12.4. The van der Waals surface area contributed by atoms with Crippen molar-refractivity contribution in [2.24, 2.45) is 5.73 Å². The summed E-state index contributed by atoms with van der Waals surface area (Å²) in [5, 5.41) is 18.6. The van der Waals surface area contributed by atoms with Gasteiger partial charge >= 0.3 is 0 Å². The van der Waals surface area contributed by atoms with Gasteiger partial charge in [-0.15, -0.1) is 5.10 Å². The third-order valence-electron chi connectivity index (χ3n) is 2.72. The molecule has 1 heterocycles. The molecule has 0 saturated carbocycles. The number of halogens is 1. The van der Waals surface area contributed by atoms with Crippen LogP contribution in [0, 0.1) is 10.1 Å². The van der Waals surface area contributed by atoms with Crippen LogP contribution >= 0.6 is 11.6 Å². The predicted molar refractivity (Wildman–Crippen MR) is 70.2 cm³/mol. The molecule has 0 amide bonds. The minimum Gasteiger partial charge on any atom is -0.323 e. The monoisotopic (exact) mass is 281 g/mol. The molecule has 0 fully saturated rings. The molecule has 2 N–H and O–H groups in total. The molecule has 2 rings (SSSR count). The summed E-state index contributed by atoms with van der Waals surface area (Å²) in [6, 6.07) is 4.18. The summed E-state index contributed by atoms with van der Waals surface area (Å²) in [6.07, 6.45) is 2.44. The van der Waals surface area contributed by atoms with Gasteiger partial charge in [0, 0.05) is 6.07 Å². The van der Waals surface area contributed by atoms with E-state index in [0.717, 1.165) is 6.42 Å². The van der Waals surface area contributed by atoms with Crippen molar-refractivity contribution in [3.63, 3.8) is 0 Å². The largest absolute Gasteiger partial charge is 0.323 e. The molecule has 1 aromatic heterocycles. The lowest BCUT2D eigenvalue weighted by molar-refractivity contribution is -0.384. The molecule has 0 aliphatic carbocycles. The van der Waals surface area contributed by atoms with E-state index in [1.165, 1.54) is 16.8 Å². The summed E-state index contributed by atoms with van der Waals surface area (Å²) in [5.41, 5.74) is 6.96. The summed E-state index contributed by atoms with van der Waals surface area (Å²) in [6.45, 7) is 1.95. The molecule has 1 unspecified atom stereocenters. The lowest BCUT2D eigenvalue weighted by Gasteiger charge is -2.03. The zero-order valence-corrected chi connectivity index (χ0v) is 10.9. The van der Waals surface area contributed by atoms with E-state index in [4.69, 9.17) is 17.3 Å². The van der Waals surface area contributed by atoms with Crippen molar-refractivity contribution in [2.45, 2.75) is 19.4 Å². The Hall–Kier alpha value is -1.99. The molecule has 0 bridgehead atoms. The number of rotatable bonds is 4. The number of benzene rings is 1. The highest BCUT2D eigenvalue weighted by atomic mass is 35.5. The quantitative estimate of drug-likeness (QED) is 0.684. The van der Waals surface area contributed by atoms with Crippen LogP contribution < -0.4 is 5.73 Å². The number of hydrogen-bond acceptors (Lipinski definition) is 5. The van der Waals surface area contributed by atoms with Crippen LogP contribution in [-0.4, -0.2) is 19.9 Å². The second-order valence-electron chi connectivity index (χ2n) is 4.00. The molecular weight excluding hydrogens is 270 g/mol. The number of nitrogens with zero attached hydrogens (tertiary/aromatic N) is 4. The summed E-state index contributed by atoms with van der Waals surface area (Å²) in [4.78, 5) is 10.1. The van der Waals surface area contributed by atoms with Crippen LogP contribution in [0.15, 0.2) is 24.4 Å². The van der Waals surface area contributed by atoms with Crippen molar-refractivity contribution in [3.8, 4) is 5.69 Å². The number of aromatic nitrogens is 3. The van der Waals surface area contributed by atoms with Crippen molar-refractivity contribution < 1.29 is 4.92 Å². The highest BCUT2D eigenvalue weighted by Crippen LogP contribution is 2.26. The van der Waals surface area contributed by atoms with Gasteiger partial charge in [0.05, 0.1) is 28.5 Å². The third kappa shape index (κ3) is 2.72. The molecule has 1 aromatic carbocycles. The van der Waals surface area contributed by atoms with E-state index in [-0.39, 0.29) is 16.8 Å². The minimum absolute atomic E-state index is 0.0549. The Morgan fingerprint density at radius 1 is 1.58 bits per heavy atom. The van der Waals surface area contributed by atoms with Crippen molar-refractivity contribution >= 4 is 17.3 Å². The highest BCUT2D eigenvalue weighted by Gasteiger charge is 2.14. The van der Waals surface area contributed by atoms with E-state index in [1.54, 1.807) is 12.3 Å². The van der Waals surface area contributed by atoms with Gasteiger partial charge in [-0.25, -0.2) is 4.68 Å². The van der Waals surface area contributed by atoms with Crippen molar-refractivity contribution in [2.75, 3.05) is 0 Å². The number of nitrogens with two attached hydrogens (primary N) is 1. The fourth-order valence-electron chi connectivity index (χ4n) is 1.57. The molecule has 19 heavy (non-hydrogen) atoms. The van der Waals surface area contributed by atoms with Gasteiger partial charge in [0.15, 0.2) is 0 Å². The van der Waals surface area contributed by atoms with Gasteiger partial charge < -0.3 is 5.73 Å². The number of nitro benzene ring substituents is 1. The van der Waals surface area contributed by atoms with Gasteiger partial charge in [-0.2, -0.15) is 0 Å². The maximum Gasteiger partial charge on any atom is 0.288 e. The summed E-state index contributed by atoms with van der Waals surface area (Å²) >= 11 is 5.84. The molecule has 2 aromatic rings. The van der Waals surface area contributed by atoms with Crippen LogP contribution in [0.1, 0.15) is 25.1 Å². The first-order chi connectivity index (χ1) is 9.02. The van der Waals surface area contributed by atoms with Gasteiger partial charge in [-0.1, -0.05) is 23.7 Å². The topological polar surface area (TPSA) is 99.9 Å². The molecule has 0 aliphatic heterocycles. The van der Waals surface area contributed by atoms with Crippen LogP contribution in [0.25, 0.3) is 5.69 Å². The molecular formula is C11H12ClN5O2. The molecule has 0 radical (unpaired) electrons. The van der Waals surface area contributed by atoms with E-state index in [1.807, 2.05) is 6.92 Å². The smallest absolute Gasteiger partial charge is 0.288 e. The Labute approximate surface area is 114 Å².